The molecule has 4 aromatic rings. The van der Waals surface area contributed by atoms with E-state index < -0.39 is 40.3 Å². The van der Waals surface area contributed by atoms with Crippen LogP contribution in [0, 0.1) is 20.8 Å². The predicted molar refractivity (Wildman–Crippen MR) is 240 cm³/mol. The molecule has 1 saturated carbocycles. The summed E-state index contributed by atoms with van der Waals surface area (Å²) in [5.74, 6) is -1.95. The van der Waals surface area contributed by atoms with Crippen LogP contribution in [0.25, 0.3) is 0 Å². The monoisotopic (exact) mass is 876 g/mol. The Hall–Kier alpha value is -6.06. The number of imide groups is 1. The molecule has 2 aliphatic heterocycles. The van der Waals surface area contributed by atoms with E-state index in [1.54, 1.807) is 44.2 Å². The number of nitrogens with one attached hydrogen (secondary N) is 3. The summed E-state index contributed by atoms with van der Waals surface area (Å²) < 4.78 is 28.8. The number of aromatic hydroxyl groups is 1. The Morgan fingerprint density at radius 3 is 2.29 bits per heavy atom. The third-order valence-corrected chi connectivity index (χ3v) is 14.5. The molecule has 332 valence electrons. The van der Waals surface area contributed by atoms with Crippen LogP contribution in [-0.4, -0.2) is 85.0 Å². The number of hydrogen-bond donors (Lipinski definition) is 4. The lowest BCUT2D eigenvalue weighted by molar-refractivity contribution is -0.137. The first-order valence-electron chi connectivity index (χ1n) is 21.7. The zero-order valence-electron chi connectivity index (χ0n) is 36.3. The van der Waals surface area contributed by atoms with E-state index in [4.69, 9.17) is 0 Å². The molecule has 2 fully saturated rings. The normalized spacial score (nSPS) is 16.8. The van der Waals surface area contributed by atoms with Gasteiger partial charge in [0.05, 0.1) is 23.5 Å². The van der Waals surface area contributed by atoms with Gasteiger partial charge in [0.15, 0.2) is 0 Å². The van der Waals surface area contributed by atoms with Crippen LogP contribution in [0.4, 0.5) is 11.4 Å². The zero-order valence-corrected chi connectivity index (χ0v) is 37.1. The summed E-state index contributed by atoms with van der Waals surface area (Å²) in [5.41, 5.74) is 6.50. The van der Waals surface area contributed by atoms with Crippen molar-refractivity contribution < 1.29 is 37.5 Å². The topological polar surface area (TPSA) is 186 Å². The molecule has 4 aromatic carbocycles. The number of fused-ring (bicyclic) bond motifs is 1. The average Bonchev–Trinajstić information content (AvgIpc) is 3.58. The van der Waals surface area contributed by atoms with Crippen molar-refractivity contribution in [3.05, 3.63) is 117 Å². The molecule has 1 atom stereocenters. The van der Waals surface area contributed by atoms with E-state index in [1.807, 2.05) is 25.1 Å². The molecule has 1 unspecified atom stereocenters. The van der Waals surface area contributed by atoms with Crippen LogP contribution in [0.1, 0.15) is 111 Å². The first-order valence-corrected chi connectivity index (χ1v) is 23.1. The number of piperidine rings is 1. The van der Waals surface area contributed by atoms with Gasteiger partial charge in [-0.25, -0.2) is 8.42 Å². The molecule has 15 heteroatoms. The largest absolute Gasteiger partial charge is 0.507 e. The van der Waals surface area contributed by atoms with Crippen molar-refractivity contribution in [2.45, 2.75) is 102 Å². The molecule has 1 aliphatic carbocycles. The van der Waals surface area contributed by atoms with Gasteiger partial charge in [0.25, 0.3) is 11.8 Å². The van der Waals surface area contributed by atoms with E-state index >= 15 is 0 Å². The van der Waals surface area contributed by atoms with Crippen molar-refractivity contribution in [2.24, 2.45) is 0 Å². The average molecular weight is 877 g/mol. The van der Waals surface area contributed by atoms with Crippen LogP contribution in [0.5, 0.6) is 5.75 Å². The number of hydrogen-bond acceptors (Lipinski definition) is 9. The van der Waals surface area contributed by atoms with Gasteiger partial charge in [-0.15, -0.1) is 0 Å². The number of phenolic OH excluding ortho intramolecular Hbond substituents is 1. The lowest BCUT2D eigenvalue weighted by Crippen LogP contribution is -2.52. The molecule has 2 heterocycles. The second-order valence-corrected chi connectivity index (χ2v) is 19.0. The molecule has 3 aliphatic rings. The van der Waals surface area contributed by atoms with Crippen molar-refractivity contribution in [3.63, 3.8) is 0 Å². The number of carbonyl (C=O) groups is 5. The van der Waals surface area contributed by atoms with Crippen molar-refractivity contribution in [1.29, 1.82) is 0 Å². The number of anilines is 2. The first kappa shape index (κ1) is 45.0. The highest BCUT2D eigenvalue weighted by Gasteiger charge is 2.40. The summed E-state index contributed by atoms with van der Waals surface area (Å²) in [6.07, 6.45) is 6.90. The Morgan fingerprint density at radius 1 is 0.889 bits per heavy atom. The maximum absolute atomic E-state index is 14.2. The number of likely N-dealkylation sites (N-methyl/N-ethyl adjacent to an activating group) is 1. The van der Waals surface area contributed by atoms with Gasteiger partial charge in [-0.3, -0.25) is 29.3 Å². The van der Waals surface area contributed by atoms with E-state index in [1.165, 1.54) is 53.8 Å². The number of rotatable bonds is 15. The number of carbonyl (C=O) groups excluding carboxylic acids is 5. The first-order chi connectivity index (χ1) is 30.1. The SMILES string of the molecule is Cc1cc(C)c(S(=O)(=O)N(C)CC(=O)N(Cc2ccc(C3CCCCC3)cc2)c2ccc(C(=O)NCCCNc3cccc4c3CN(C3CCC(=O)NC3=O)C4=O)c(O)c2)c(C)c1. The van der Waals surface area contributed by atoms with Gasteiger partial charge in [-0.2, -0.15) is 4.31 Å². The van der Waals surface area contributed by atoms with E-state index in [0.29, 0.717) is 41.3 Å². The van der Waals surface area contributed by atoms with Gasteiger partial charge in [-0.1, -0.05) is 67.3 Å². The Morgan fingerprint density at radius 2 is 1.60 bits per heavy atom. The minimum Gasteiger partial charge on any atom is -0.507 e. The van der Waals surface area contributed by atoms with Crippen molar-refractivity contribution in [1.82, 2.24) is 19.8 Å². The highest BCUT2D eigenvalue weighted by Crippen LogP contribution is 2.35. The lowest BCUT2D eigenvalue weighted by atomic mass is 9.84. The summed E-state index contributed by atoms with van der Waals surface area (Å²) in [5, 5.41) is 19.7. The van der Waals surface area contributed by atoms with Crippen LogP contribution < -0.4 is 20.9 Å². The van der Waals surface area contributed by atoms with E-state index in [-0.39, 0.29) is 60.5 Å². The Kier molecular flexibility index (Phi) is 13.7. The fourth-order valence-corrected chi connectivity index (χ4v) is 10.7. The highest BCUT2D eigenvalue weighted by atomic mass is 32.2. The quantitative estimate of drug-likeness (QED) is 0.0796. The third-order valence-electron chi connectivity index (χ3n) is 12.4. The number of benzene rings is 4. The van der Waals surface area contributed by atoms with Gasteiger partial charge >= 0.3 is 0 Å². The maximum Gasteiger partial charge on any atom is 0.255 e. The van der Waals surface area contributed by atoms with Gasteiger partial charge in [-0.05, 0) is 98.9 Å². The van der Waals surface area contributed by atoms with Crippen molar-refractivity contribution >= 4 is 50.9 Å². The molecule has 0 aromatic heterocycles. The summed E-state index contributed by atoms with van der Waals surface area (Å²) in [6, 6.07) is 20.8. The maximum atomic E-state index is 14.2. The molecule has 5 amide bonds. The molecule has 1 saturated heterocycles. The molecule has 0 spiro atoms. The summed E-state index contributed by atoms with van der Waals surface area (Å²) in [4.78, 5) is 68.0. The fraction of sp³-hybridized carbons (Fsp3) is 0.396. The zero-order chi connectivity index (χ0) is 45.0. The summed E-state index contributed by atoms with van der Waals surface area (Å²) >= 11 is 0. The highest BCUT2D eigenvalue weighted by molar-refractivity contribution is 7.89. The second-order valence-electron chi connectivity index (χ2n) is 17.0. The number of aryl methyl sites for hydroxylation is 3. The fourth-order valence-electron chi connectivity index (χ4n) is 9.17. The van der Waals surface area contributed by atoms with E-state index in [2.05, 4.69) is 28.1 Å². The molecular weight excluding hydrogens is 821 g/mol. The minimum atomic E-state index is -4.05. The Bertz CT molecular complexity index is 2510. The van der Waals surface area contributed by atoms with Crippen molar-refractivity contribution in [2.75, 3.05) is 36.9 Å². The molecule has 63 heavy (non-hydrogen) atoms. The molecule has 7 rings (SSSR count). The molecule has 14 nitrogen and oxygen atoms in total. The van der Waals surface area contributed by atoms with Crippen LogP contribution >= 0.6 is 0 Å². The molecular formula is C48H56N6O8S. The molecule has 0 radical (unpaired) electrons. The number of phenols is 1. The predicted octanol–water partition coefficient (Wildman–Crippen LogP) is 6.21. The van der Waals surface area contributed by atoms with Gasteiger partial charge in [0.2, 0.25) is 27.7 Å². The number of nitrogens with zero attached hydrogens (tertiary/aromatic N) is 3. The van der Waals surface area contributed by atoms with Crippen LogP contribution in [0.15, 0.2) is 77.7 Å². The van der Waals surface area contributed by atoms with E-state index in [9.17, 15) is 37.5 Å². The van der Waals surface area contributed by atoms with E-state index in [0.717, 1.165) is 39.5 Å². The standard InChI is InChI=1S/C48H56N6O8S/c1-30-24-31(2)45(32(3)25-30)63(61,62)52(4)29-44(57)53(27-33-14-16-35(17-15-33)34-10-6-5-7-11-34)36-18-19-38(42(55)26-36)46(58)50-23-9-22-49-40-13-8-12-37-39(40)28-54(48(37)60)41-20-21-43(56)51-47(41)59/h8,12-19,24-26,34,41,49,55H,5-7,9-11,20-23,27-29H2,1-4H3,(H,50,58)(H,51,56,59). The van der Waals surface area contributed by atoms with Gasteiger partial charge in [0.1, 0.15) is 11.8 Å². The lowest BCUT2D eigenvalue weighted by Gasteiger charge is -2.29. The van der Waals surface area contributed by atoms with Crippen molar-refractivity contribution in [3.8, 4) is 5.75 Å². The second kappa shape index (κ2) is 19.1. The summed E-state index contributed by atoms with van der Waals surface area (Å²) in [7, 11) is -2.66. The molecule has 4 N–H and O–H groups in total. The van der Waals surface area contributed by atoms with Gasteiger partial charge in [0, 0.05) is 61.7 Å². The van der Waals surface area contributed by atoms with Crippen LogP contribution in [0.3, 0.4) is 0 Å². The smallest absolute Gasteiger partial charge is 0.255 e. The van der Waals surface area contributed by atoms with Crippen LogP contribution in [-0.2, 0) is 37.5 Å². The van der Waals surface area contributed by atoms with Crippen LogP contribution in [0.2, 0.25) is 0 Å². The number of sulfonamides is 1. The third kappa shape index (κ3) is 9.94. The summed E-state index contributed by atoms with van der Waals surface area (Å²) in [6.45, 7) is 5.95. The minimum absolute atomic E-state index is 0.00823. The number of amides is 5. The Labute approximate surface area is 369 Å². The molecule has 0 bridgehead atoms. The Balaban J connectivity index is 1.01. The van der Waals surface area contributed by atoms with Gasteiger partial charge < -0.3 is 25.5 Å².